The summed E-state index contributed by atoms with van der Waals surface area (Å²) in [7, 11) is 1.99. The number of fused-ring (bicyclic) bond motifs is 1. The van der Waals surface area contributed by atoms with E-state index in [4.69, 9.17) is 5.73 Å². The molecule has 0 bridgehead atoms. The monoisotopic (exact) mass is 261 g/mol. The van der Waals surface area contributed by atoms with Crippen LogP contribution in [0.15, 0.2) is 0 Å². The molecule has 1 aliphatic rings. The lowest BCUT2D eigenvalue weighted by Gasteiger charge is -2.28. The number of imidazole rings is 1. The van der Waals surface area contributed by atoms with Gasteiger partial charge in [0.1, 0.15) is 5.52 Å². The summed E-state index contributed by atoms with van der Waals surface area (Å²) < 4.78 is 4.12. The van der Waals surface area contributed by atoms with Crippen LogP contribution in [0.4, 0.5) is 5.95 Å². The highest BCUT2D eigenvalue weighted by Gasteiger charge is 2.41. The molecule has 1 aliphatic carbocycles. The normalized spacial score (nSPS) is 16.4. The molecule has 0 aromatic carbocycles. The van der Waals surface area contributed by atoms with Crippen LogP contribution in [0.3, 0.4) is 0 Å². The Bertz CT molecular complexity index is 615. The minimum Gasteiger partial charge on any atom is -0.369 e. The maximum atomic E-state index is 6.19. The molecule has 0 aliphatic heterocycles. The van der Waals surface area contributed by atoms with Gasteiger partial charge in [-0.2, -0.15) is 5.10 Å². The summed E-state index contributed by atoms with van der Waals surface area (Å²) in [6.07, 6.45) is 4.60. The Morgan fingerprint density at radius 2 is 2.05 bits per heavy atom. The van der Waals surface area contributed by atoms with Gasteiger partial charge >= 0.3 is 0 Å². The van der Waals surface area contributed by atoms with E-state index in [9.17, 15) is 0 Å². The number of rotatable bonds is 4. The number of aromatic nitrogens is 4. The Labute approximate surface area is 113 Å². The van der Waals surface area contributed by atoms with Crippen molar-refractivity contribution in [1.29, 1.82) is 0 Å². The van der Waals surface area contributed by atoms with Gasteiger partial charge in [-0.25, -0.2) is 4.98 Å². The van der Waals surface area contributed by atoms with Gasteiger partial charge in [-0.05, 0) is 39.0 Å². The molecular weight excluding hydrogens is 238 g/mol. The van der Waals surface area contributed by atoms with Crippen LogP contribution in [-0.4, -0.2) is 19.3 Å². The molecule has 2 aromatic rings. The van der Waals surface area contributed by atoms with Gasteiger partial charge in [0.15, 0.2) is 5.65 Å². The van der Waals surface area contributed by atoms with E-state index in [0.29, 0.717) is 11.9 Å². The third-order valence-electron chi connectivity index (χ3n) is 4.37. The molecular formula is C14H23N5. The van der Waals surface area contributed by atoms with Crippen molar-refractivity contribution in [2.24, 2.45) is 13.0 Å². The van der Waals surface area contributed by atoms with Gasteiger partial charge in [-0.1, -0.05) is 13.3 Å². The Morgan fingerprint density at radius 3 is 2.63 bits per heavy atom. The van der Waals surface area contributed by atoms with Crippen molar-refractivity contribution in [2.45, 2.75) is 52.0 Å². The molecule has 104 valence electrons. The molecule has 5 nitrogen and oxygen atoms in total. The molecule has 5 heteroatoms. The Kier molecular flexibility index (Phi) is 2.62. The van der Waals surface area contributed by atoms with Crippen molar-refractivity contribution in [3.8, 4) is 0 Å². The first kappa shape index (κ1) is 12.5. The van der Waals surface area contributed by atoms with Crippen LogP contribution >= 0.6 is 0 Å². The Morgan fingerprint density at radius 1 is 1.37 bits per heavy atom. The van der Waals surface area contributed by atoms with Gasteiger partial charge < -0.3 is 5.73 Å². The summed E-state index contributed by atoms with van der Waals surface area (Å²) in [6, 6.07) is 0. The van der Waals surface area contributed by atoms with Crippen molar-refractivity contribution in [2.75, 3.05) is 5.73 Å². The van der Waals surface area contributed by atoms with Crippen LogP contribution < -0.4 is 5.73 Å². The third kappa shape index (κ3) is 1.75. The minimum atomic E-state index is 0.0239. The largest absolute Gasteiger partial charge is 0.369 e. The lowest BCUT2D eigenvalue weighted by molar-refractivity contribution is 0.314. The average molecular weight is 261 g/mol. The Hall–Kier alpha value is -1.52. The van der Waals surface area contributed by atoms with E-state index in [0.717, 1.165) is 29.7 Å². The highest BCUT2D eigenvalue weighted by molar-refractivity contribution is 5.78. The summed E-state index contributed by atoms with van der Waals surface area (Å²) in [5.74, 6) is 1.33. The summed E-state index contributed by atoms with van der Waals surface area (Å²) in [5.41, 5.74) is 9.33. The van der Waals surface area contributed by atoms with Crippen molar-refractivity contribution in [1.82, 2.24) is 19.3 Å². The first-order chi connectivity index (χ1) is 8.96. The van der Waals surface area contributed by atoms with Crippen molar-refractivity contribution >= 4 is 17.1 Å². The zero-order valence-electron chi connectivity index (χ0n) is 12.3. The standard InChI is InChI=1S/C14H23N5/c1-5-6-10-11-12(18(4)17-10)19(13(15)16-11)14(2,3)9-7-8-9/h9H,5-8H2,1-4H3,(H2,15,16). The van der Waals surface area contributed by atoms with Gasteiger partial charge in [0, 0.05) is 12.6 Å². The van der Waals surface area contributed by atoms with Gasteiger partial charge in [0.05, 0.1) is 5.69 Å². The highest BCUT2D eigenvalue weighted by Crippen LogP contribution is 2.46. The molecule has 0 radical (unpaired) electrons. The van der Waals surface area contributed by atoms with Crippen LogP contribution in [0.25, 0.3) is 11.2 Å². The van der Waals surface area contributed by atoms with Crippen LogP contribution in [-0.2, 0) is 19.0 Å². The molecule has 0 spiro atoms. The Balaban J connectivity index is 2.21. The predicted octanol–water partition coefficient (Wildman–Crippen LogP) is 2.45. The molecule has 0 amide bonds. The molecule has 1 saturated carbocycles. The topological polar surface area (TPSA) is 61.7 Å². The highest BCUT2D eigenvalue weighted by atomic mass is 15.4. The van der Waals surface area contributed by atoms with E-state index < -0.39 is 0 Å². The van der Waals surface area contributed by atoms with Gasteiger partial charge in [0.25, 0.3) is 0 Å². The molecule has 3 rings (SSSR count). The number of nitrogen functional groups attached to an aromatic ring is 1. The fraction of sp³-hybridized carbons (Fsp3) is 0.714. The zero-order valence-corrected chi connectivity index (χ0v) is 12.3. The van der Waals surface area contributed by atoms with E-state index in [1.54, 1.807) is 0 Å². The third-order valence-corrected chi connectivity index (χ3v) is 4.37. The number of nitrogens with two attached hydrogens (primary N) is 1. The van der Waals surface area contributed by atoms with Crippen LogP contribution in [0, 0.1) is 5.92 Å². The van der Waals surface area contributed by atoms with Crippen LogP contribution in [0.2, 0.25) is 0 Å². The molecule has 0 atom stereocenters. The van der Waals surface area contributed by atoms with Gasteiger partial charge in [0.2, 0.25) is 5.95 Å². The van der Waals surface area contributed by atoms with E-state index in [2.05, 4.69) is 35.4 Å². The SMILES string of the molecule is CCCc1nn(C)c2c1nc(N)n2C(C)(C)C1CC1. The summed E-state index contributed by atoms with van der Waals surface area (Å²) >= 11 is 0. The molecule has 2 aromatic heterocycles. The maximum absolute atomic E-state index is 6.19. The first-order valence-electron chi connectivity index (χ1n) is 7.17. The number of nitrogens with zero attached hydrogens (tertiary/aromatic N) is 4. The van der Waals surface area contributed by atoms with Gasteiger partial charge in [-0.3, -0.25) is 9.25 Å². The van der Waals surface area contributed by atoms with E-state index >= 15 is 0 Å². The molecule has 19 heavy (non-hydrogen) atoms. The molecule has 1 fully saturated rings. The second kappa shape index (κ2) is 3.99. The minimum absolute atomic E-state index is 0.0239. The molecule has 2 N–H and O–H groups in total. The molecule has 0 unspecified atom stereocenters. The molecule has 2 heterocycles. The average Bonchev–Trinajstić information content (AvgIpc) is 3.07. The van der Waals surface area contributed by atoms with E-state index in [1.807, 2.05) is 11.7 Å². The first-order valence-corrected chi connectivity index (χ1v) is 7.17. The number of anilines is 1. The smallest absolute Gasteiger partial charge is 0.203 e. The number of aryl methyl sites for hydroxylation is 2. The second-order valence-electron chi connectivity index (χ2n) is 6.23. The van der Waals surface area contributed by atoms with Crippen LogP contribution in [0.5, 0.6) is 0 Å². The molecule has 0 saturated heterocycles. The quantitative estimate of drug-likeness (QED) is 0.919. The lowest BCUT2D eigenvalue weighted by Crippen LogP contribution is -2.30. The number of hydrogen-bond acceptors (Lipinski definition) is 3. The van der Waals surface area contributed by atoms with Crippen molar-refractivity contribution in [3.05, 3.63) is 5.69 Å². The summed E-state index contributed by atoms with van der Waals surface area (Å²) in [4.78, 5) is 4.59. The van der Waals surface area contributed by atoms with Gasteiger partial charge in [-0.15, -0.1) is 0 Å². The van der Waals surface area contributed by atoms with E-state index in [1.165, 1.54) is 12.8 Å². The van der Waals surface area contributed by atoms with Crippen molar-refractivity contribution in [3.63, 3.8) is 0 Å². The summed E-state index contributed by atoms with van der Waals surface area (Å²) in [5, 5.41) is 4.61. The number of hydrogen-bond donors (Lipinski definition) is 1. The lowest BCUT2D eigenvalue weighted by atomic mass is 9.98. The van der Waals surface area contributed by atoms with E-state index in [-0.39, 0.29) is 5.54 Å². The predicted molar refractivity (Wildman–Crippen MR) is 77.0 cm³/mol. The maximum Gasteiger partial charge on any atom is 0.203 e. The fourth-order valence-corrected chi connectivity index (χ4v) is 3.14. The fourth-order valence-electron chi connectivity index (χ4n) is 3.14. The van der Waals surface area contributed by atoms with Crippen LogP contribution in [0.1, 0.15) is 45.7 Å². The zero-order chi connectivity index (χ0) is 13.8. The summed E-state index contributed by atoms with van der Waals surface area (Å²) in [6.45, 7) is 6.68. The second-order valence-corrected chi connectivity index (χ2v) is 6.23. The van der Waals surface area contributed by atoms with Crippen molar-refractivity contribution < 1.29 is 0 Å².